The van der Waals surface area contributed by atoms with Crippen molar-refractivity contribution in [2.24, 2.45) is 0 Å². The van der Waals surface area contributed by atoms with E-state index in [0.717, 1.165) is 56.5 Å². The van der Waals surface area contributed by atoms with Crippen molar-refractivity contribution in [2.75, 3.05) is 37.7 Å². The van der Waals surface area contributed by atoms with Crippen LogP contribution in [0.5, 0.6) is 6.01 Å². The van der Waals surface area contributed by atoms with Crippen LogP contribution in [0.3, 0.4) is 0 Å². The number of alkyl halides is 1. The molecule has 11 heteroatoms. The number of anilines is 1. The second-order valence-electron chi connectivity index (χ2n) is 12.5. The van der Waals surface area contributed by atoms with Crippen LogP contribution in [-0.4, -0.2) is 81.4 Å². The van der Waals surface area contributed by atoms with Crippen LogP contribution in [-0.2, 0) is 0 Å². The number of aromatic nitrogens is 4. The van der Waals surface area contributed by atoms with E-state index < -0.39 is 12.0 Å². The van der Waals surface area contributed by atoms with Crippen LogP contribution < -0.4 is 20.5 Å². The van der Waals surface area contributed by atoms with E-state index in [1.54, 1.807) is 18.3 Å². The molecule has 4 fully saturated rings. The van der Waals surface area contributed by atoms with E-state index in [1.807, 2.05) is 0 Å². The number of hydrogen-bond donors (Lipinski definition) is 2. The maximum Gasteiger partial charge on any atom is 0.319 e. The number of hydrogen-bond acceptors (Lipinski definition) is 8. The third-order valence-corrected chi connectivity index (χ3v) is 9.76. The number of benzene rings is 1. The minimum Gasteiger partial charge on any atom is -0.461 e. The predicted octanol–water partition coefficient (Wildman–Crippen LogP) is 4.21. The van der Waals surface area contributed by atoms with Gasteiger partial charge in [-0.05, 0) is 49.7 Å². The number of piperazine rings is 1. The van der Waals surface area contributed by atoms with Crippen molar-refractivity contribution in [3.8, 4) is 17.4 Å². The van der Waals surface area contributed by atoms with Crippen molar-refractivity contribution < 1.29 is 13.5 Å². The number of nitrogens with one attached hydrogen (secondary N) is 2. The Kier molecular flexibility index (Phi) is 6.23. The molecule has 0 aliphatic carbocycles. The molecular weight excluding hydrogens is 552 g/mol. The summed E-state index contributed by atoms with van der Waals surface area (Å²) in [6, 6.07) is 7.16. The molecule has 0 amide bonds. The highest BCUT2D eigenvalue weighted by atomic mass is 19.1. The Bertz CT molecular complexity index is 1820. The van der Waals surface area contributed by atoms with Gasteiger partial charge in [0.25, 0.3) is 0 Å². The fourth-order valence-electron chi connectivity index (χ4n) is 7.81. The van der Waals surface area contributed by atoms with Gasteiger partial charge in [-0.25, -0.2) is 8.78 Å². The van der Waals surface area contributed by atoms with Crippen molar-refractivity contribution in [3.05, 3.63) is 58.8 Å². The first-order valence-electron chi connectivity index (χ1n) is 15.1. The summed E-state index contributed by atoms with van der Waals surface area (Å²) < 4.78 is 35.6. The molecule has 2 N–H and O–H groups in total. The Morgan fingerprint density at radius 2 is 2.00 bits per heavy atom. The average Bonchev–Trinajstić information content (AvgIpc) is 3.65. The highest BCUT2D eigenvalue weighted by Gasteiger charge is 2.49. The van der Waals surface area contributed by atoms with Crippen LogP contribution in [0.25, 0.3) is 39.1 Å². The van der Waals surface area contributed by atoms with Gasteiger partial charge in [0.05, 0.1) is 27.8 Å². The van der Waals surface area contributed by atoms with Gasteiger partial charge < -0.3 is 19.9 Å². The number of nitrogens with zero attached hydrogens (tertiary/aromatic N) is 5. The molecule has 4 atom stereocenters. The lowest BCUT2D eigenvalue weighted by Crippen LogP contribution is -2.51. The Morgan fingerprint density at radius 3 is 2.81 bits per heavy atom. The molecule has 3 aromatic heterocycles. The van der Waals surface area contributed by atoms with Crippen molar-refractivity contribution >= 4 is 33.6 Å². The van der Waals surface area contributed by atoms with Gasteiger partial charge in [0, 0.05) is 61.4 Å². The Hall–Kier alpha value is -3.96. The number of fused-ring (bicyclic) bond motifs is 5. The minimum absolute atomic E-state index is 0.235. The van der Waals surface area contributed by atoms with Crippen molar-refractivity contribution in [2.45, 2.75) is 55.9 Å². The number of halogens is 2. The summed E-state index contributed by atoms with van der Waals surface area (Å²) in [4.78, 5) is 34.4. The summed E-state index contributed by atoms with van der Waals surface area (Å²) in [5, 5.41) is 5.54. The molecule has 4 aliphatic heterocycles. The largest absolute Gasteiger partial charge is 0.461 e. The number of pyridine rings is 2. The third-order valence-electron chi connectivity index (χ3n) is 9.76. The predicted molar refractivity (Wildman–Crippen MR) is 162 cm³/mol. The summed E-state index contributed by atoms with van der Waals surface area (Å²) >= 11 is 0. The first-order valence-corrected chi connectivity index (χ1v) is 15.1. The molecule has 222 valence electrons. The minimum atomic E-state index is -0.852. The average molecular weight is 586 g/mol. The fraction of sp³-hybridized carbons (Fsp3) is 0.438. The van der Waals surface area contributed by atoms with E-state index >= 15 is 0 Å². The smallest absolute Gasteiger partial charge is 0.319 e. The van der Waals surface area contributed by atoms with Crippen LogP contribution in [0.2, 0.25) is 0 Å². The summed E-state index contributed by atoms with van der Waals surface area (Å²) in [5.41, 5.74) is 1.07. The molecule has 2 bridgehead atoms. The van der Waals surface area contributed by atoms with Crippen molar-refractivity contribution in [1.29, 1.82) is 0 Å². The molecule has 7 heterocycles. The number of rotatable bonds is 6. The standard InChI is InChI=1S/C32H33F2N7O2/c1-2-22-24(34)7-4-18-10-27(42)38-29(28(18)22)26-11-25-23(13-35-26)30(40-15-20-5-6-21(16-40)36-20)39-31(37-25)43-17-32-8-3-9-41(32)14-19(33)12-32/h2,4,7,10-11,13,19-21,36H,1,3,5-6,8-9,12,14-17H2,(H,38,42)/t19?,20?,21?,32-/m0/s1. The van der Waals surface area contributed by atoms with Gasteiger partial charge in [0.15, 0.2) is 0 Å². The van der Waals surface area contributed by atoms with Crippen LogP contribution >= 0.6 is 0 Å². The maximum atomic E-state index is 14.8. The zero-order chi connectivity index (χ0) is 29.3. The van der Waals surface area contributed by atoms with Gasteiger partial charge in [0.2, 0.25) is 5.56 Å². The SMILES string of the molecule is C=Cc1c(F)ccc2cc(=O)[nH]c(-c3cc4nc(OC[C@@]56CCCN5CC(F)C6)nc(N5CC6CCC(C5)N6)c4cn3)c12. The molecule has 4 saturated heterocycles. The number of aromatic amines is 1. The first-order chi connectivity index (χ1) is 20.9. The molecule has 4 aliphatic rings. The molecule has 8 rings (SSSR count). The fourth-order valence-corrected chi connectivity index (χ4v) is 7.81. The Morgan fingerprint density at radius 1 is 1.16 bits per heavy atom. The lowest BCUT2D eigenvalue weighted by atomic mass is 9.95. The van der Waals surface area contributed by atoms with E-state index in [9.17, 15) is 13.6 Å². The molecule has 4 aromatic rings. The topological polar surface area (TPSA) is 99.3 Å². The normalized spacial score (nSPS) is 26.8. The van der Waals surface area contributed by atoms with Crippen LogP contribution in [0.4, 0.5) is 14.6 Å². The van der Waals surface area contributed by atoms with Crippen LogP contribution in [0.15, 0.2) is 41.8 Å². The molecule has 43 heavy (non-hydrogen) atoms. The Balaban J connectivity index is 1.25. The van der Waals surface area contributed by atoms with Gasteiger partial charge >= 0.3 is 6.01 Å². The summed E-state index contributed by atoms with van der Waals surface area (Å²) in [6.07, 6.45) is 6.93. The lowest BCUT2D eigenvalue weighted by molar-refractivity contribution is 0.107. The van der Waals surface area contributed by atoms with Gasteiger partial charge in [-0.3, -0.25) is 14.7 Å². The third kappa shape index (κ3) is 4.48. The van der Waals surface area contributed by atoms with Crippen LogP contribution in [0, 0.1) is 5.82 Å². The second-order valence-corrected chi connectivity index (χ2v) is 12.5. The maximum absolute atomic E-state index is 14.8. The highest BCUT2D eigenvalue weighted by molar-refractivity contribution is 6.01. The summed E-state index contributed by atoms with van der Waals surface area (Å²) in [6.45, 7) is 7.06. The van der Waals surface area contributed by atoms with Gasteiger partial charge in [0.1, 0.15) is 24.4 Å². The zero-order valence-corrected chi connectivity index (χ0v) is 23.8. The molecule has 0 radical (unpaired) electrons. The number of H-pyrrole nitrogens is 1. The van der Waals surface area contributed by atoms with E-state index in [2.05, 4.69) is 26.7 Å². The van der Waals surface area contributed by atoms with Crippen molar-refractivity contribution in [3.63, 3.8) is 0 Å². The van der Waals surface area contributed by atoms with E-state index in [4.69, 9.17) is 19.7 Å². The molecule has 0 spiro atoms. The molecular formula is C32H33F2N7O2. The lowest BCUT2D eigenvalue weighted by Gasteiger charge is -2.34. The van der Waals surface area contributed by atoms with E-state index in [1.165, 1.54) is 18.2 Å². The molecule has 9 nitrogen and oxygen atoms in total. The van der Waals surface area contributed by atoms with Crippen molar-refractivity contribution in [1.82, 2.24) is 30.2 Å². The van der Waals surface area contributed by atoms with Gasteiger partial charge in [-0.2, -0.15) is 9.97 Å². The molecule has 1 aromatic carbocycles. The van der Waals surface area contributed by atoms with E-state index in [0.29, 0.717) is 59.3 Å². The zero-order valence-electron chi connectivity index (χ0n) is 23.8. The Labute approximate surface area is 247 Å². The van der Waals surface area contributed by atoms with Gasteiger partial charge in [-0.15, -0.1) is 0 Å². The summed E-state index contributed by atoms with van der Waals surface area (Å²) in [5.74, 6) is 0.310. The summed E-state index contributed by atoms with van der Waals surface area (Å²) in [7, 11) is 0. The van der Waals surface area contributed by atoms with Gasteiger partial charge in [-0.1, -0.05) is 18.7 Å². The monoisotopic (exact) mass is 585 g/mol. The molecule has 3 unspecified atom stereocenters. The second kappa shape index (κ2) is 10.1. The quantitative estimate of drug-likeness (QED) is 0.347. The first kappa shape index (κ1) is 26.7. The molecule has 0 saturated carbocycles. The van der Waals surface area contributed by atoms with E-state index in [-0.39, 0.29) is 22.7 Å². The number of ether oxygens (including phenoxy) is 1. The highest BCUT2D eigenvalue weighted by Crippen LogP contribution is 2.41. The van der Waals surface area contributed by atoms with Crippen LogP contribution in [0.1, 0.15) is 37.7 Å².